The molecule has 11 aromatic carbocycles. The van der Waals surface area contributed by atoms with Crippen LogP contribution in [0.15, 0.2) is 233 Å². The monoisotopic (exact) mass is 955 g/mol. The Morgan fingerprint density at radius 2 is 0.653 bits per heavy atom. The van der Waals surface area contributed by atoms with Crippen molar-refractivity contribution in [3.05, 3.63) is 236 Å². The van der Waals surface area contributed by atoms with E-state index in [1.807, 2.05) is 48.5 Å². The van der Waals surface area contributed by atoms with E-state index in [0.717, 1.165) is 132 Å². The molecule has 16 rings (SSSR count). The maximum atomic E-state index is 11.8. The normalized spacial score (nSPS) is 12.0. The van der Waals surface area contributed by atoms with E-state index in [0.29, 0.717) is 28.2 Å². The third-order valence-electron chi connectivity index (χ3n) is 15.5. The highest BCUT2D eigenvalue weighted by molar-refractivity contribution is 6.26. The molecule has 0 fully saturated rings. The fourth-order valence-corrected chi connectivity index (χ4v) is 12.3. The van der Waals surface area contributed by atoms with Crippen LogP contribution in [0.4, 0.5) is 0 Å². The van der Waals surface area contributed by atoms with Crippen LogP contribution in [0.2, 0.25) is 0 Å². The van der Waals surface area contributed by atoms with E-state index in [1.54, 1.807) is 6.07 Å². The predicted octanol–water partition coefficient (Wildman–Crippen LogP) is 17.9. The van der Waals surface area contributed by atoms with Gasteiger partial charge in [0.2, 0.25) is 0 Å². The molecule has 75 heavy (non-hydrogen) atoms. The first-order chi connectivity index (χ1) is 37.1. The smallest absolute Gasteiger partial charge is 0.145 e. The van der Waals surface area contributed by atoms with E-state index in [4.69, 9.17) is 8.83 Å². The van der Waals surface area contributed by atoms with Crippen LogP contribution in [-0.4, -0.2) is 13.7 Å². The Balaban J connectivity index is 1.14. The van der Waals surface area contributed by atoms with Gasteiger partial charge < -0.3 is 22.5 Å². The fraction of sp³-hybridized carbons (Fsp3) is 0. The highest BCUT2D eigenvalue weighted by Crippen LogP contribution is 2.49. The molecule has 0 unspecified atom stereocenters. The lowest BCUT2D eigenvalue weighted by Gasteiger charge is -2.24. The first kappa shape index (κ1) is 41.1. The molecule has 0 saturated carbocycles. The average Bonchev–Trinajstić information content (AvgIpc) is 4.41. The Kier molecular flexibility index (Phi) is 8.46. The zero-order valence-corrected chi connectivity index (χ0v) is 39.9. The summed E-state index contributed by atoms with van der Waals surface area (Å²) in [7, 11) is 0. The van der Waals surface area contributed by atoms with Crippen LogP contribution >= 0.6 is 0 Å². The summed E-state index contributed by atoms with van der Waals surface area (Å²) < 4.78 is 20.6. The topological polar surface area (TPSA) is 88.7 Å². The molecule has 0 aliphatic heterocycles. The van der Waals surface area contributed by atoms with Crippen molar-refractivity contribution in [1.29, 1.82) is 10.5 Å². The molecule has 0 atom stereocenters. The molecule has 0 spiro atoms. The maximum absolute atomic E-state index is 11.8. The molecular formula is C68H37N5O2. The lowest BCUT2D eigenvalue weighted by molar-refractivity contribution is 0.672. The summed E-state index contributed by atoms with van der Waals surface area (Å²) in [6.45, 7) is 0. The summed E-state index contributed by atoms with van der Waals surface area (Å²) in [4.78, 5) is 0. The Labute approximate surface area is 427 Å². The second-order valence-corrected chi connectivity index (χ2v) is 19.3. The van der Waals surface area contributed by atoms with Gasteiger partial charge >= 0.3 is 0 Å². The van der Waals surface area contributed by atoms with Crippen LogP contribution in [0.25, 0.3) is 149 Å². The number of nitrogens with zero attached hydrogens (tertiary/aromatic N) is 5. The third kappa shape index (κ3) is 5.67. The van der Waals surface area contributed by atoms with Gasteiger partial charge in [0.25, 0.3) is 0 Å². The summed E-state index contributed by atoms with van der Waals surface area (Å²) in [5, 5.41) is 33.5. The lowest BCUT2D eigenvalue weighted by atomic mass is 10.0. The SMILES string of the molecule is N#Cc1cc(C#N)c(-n2c3ccc(-c4ccccc4)cc3c3c4oc5ccccc5c4ccc32)c(-n2c3ccccc3c3ccccc32)c1-n1c2ccc(-c3ccccc3)cc2c2c3oc4ccccc4c3ccc21. The van der Waals surface area contributed by atoms with Gasteiger partial charge in [-0.3, -0.25) is 0 Å². The van der Waals surface area contributed by atoms with Crippen molar-refractivity contribution in [2.24, 2.45) is 0 Å². The zero-order valence-electron chi connectivity index (χ0n) is 39.9. The Morgan fingerprint density at radius 1 is 0.280 bits per heavy atom. The fourth-order valence-electron chi connectivity index (χ4n) is 12.3. The van der Waals surface area contributed by atoms with Crippen molar-refractivity contribution in [2.75, 3.05) is 0 Å². The molecular weight excluding hydrogens is 919 g/mol. The number of hydrogen-bond acceptors (Lipinski definition) is 4. The van der Waals surface area contributed by atoms with Gasteiger partial charge in [-0.1, -0.05) is 146 Å². The number of nitriles is 2. The molecule has 0 amide bonds. The van der Waals surface area contributed by atoms with Gasteiger partial charge in [0.1, 0.15) is 34.5 Å². The minimum Gasteiger partial charge on any atom is -0.455 e. The van der Waals surface area contributed by atoms with Gasteiger partial charge in [-0.05, 0) is 101 Å². The van der Waals surface area contributed by atoms with E-state index in [9.17, 15) is 10.5 Å². The number of fused-ring (bicyclic) bond motifs is 17. The van der Waals surface area contributed by atoms with Crippen molar-refractivity contribution >= 4 is 109 Å². The van der Waals surface area contributed by atoms with Crippen molar-refractivity contribution in [1.82, 2.24) is 13.7 Å². The first-order valence-electron chi connectivity index (χ1n) is 25.0. The quantitative estimate of drug-likeness (QED) is 0.172. The molecule has 16 aromatic rings. The van der Waals surface area contributed by atoms with Gasteiger partial charge in [-0.2, -0.15) is 10.5 Å². The zero-order chi connectivity index (χ0) is 49.5. The van der Waals surface area contributed by atoms with E-state index >= 15 is 0 Å². The Morgan fingerprint density at radius 3 is 1.11 bits per heavy atom. The largest absolute Gasteiger partial charge is 0.455 e. The Hall–Kier alpha value is -10.6. The minimum atomic E-state index is 0.342. The number of aromatic nitrogens is 3. The average molecular weight is 956 g/mol. The van der Waals surface area contributed by atoms with E-state index in [2.05, 4.69) is 196 Å². The van der Waals surface area contributed by atoms with Crippen molar-refractivity contribution in [2.45, 2.75) is 0 Å². The summed E-state index contributed by atoms with van der Waals surface area (Å²) in [6, 6.07) is 82.9. The van der Waals surface area contributed by atoms with Gasteiger partial charge in [0, 0.05) is 43.1 Å². The number of hydrogen-bond donors (Lipinski definition) is 0. The molecule has 5 aromatic heterocycles. The molecule has 346 valence electrons. The highest BCUT2D eigenvalue weighted by Gasteiger charge is 2.31. The minimum absolute atomic E-state index is 0.342. The second-order valence-electron chi connectivity index (χ2n) is 19.3. The van der Waals surface area contributed by atoms with E-state index in [-0.39, 0.29) is 0 Å². The molecule has 0 aliphatic rings. The summed E-state index contributed by atoms with van der Waals surface area (Å²) in [5.74, 6) is 0. The molecule has 0 saturated heterocycles. The van der Waals surface area contributed by atoms with Crippen molar-refractivity contribution in [3.8, 4) is 51.5 Å². The van der Waals surface area contributed by atoms with Crippen LogP contribution in [0.5, 0.6) is 0 Å². The molecule has 5 heterocycles. The van der Waals surface area contributed by atoms with E-state index < -0.39 is 0 Å². The van der Waals surface area contributed by atoms with Gasteiger partial charge in [0.05, 0.1) is 72.1 Å². The molecule has 0 bridgehead atoms. The van der Waals surface area contributed by atoms with Crippen LogP contribution in [0.3, 0.4) is 0 Å². The molecule has 0 N–H and O–H groups in total. The van der Waals surface area contributed by atoms with Gasteiger partial charge in [0.15, 0.2) is 0 Å². The molecule has 7 heteroatoms. The standard InChI is InChI=1S/C68H37N5O2/c69-38-44-35-45(39-70)65(73-57-32-28-43(41-17-5-2-6-18-41)37-53(57)63-59(73)34-30-51-49-22-10-14-26-61(49)75-68(51)63)66(71-54-23-11-7-19-46(54)47-20-8-12-24-55(47)71)64(44)72-56-31-27-42(40-15-3-1-4-16-40)36-52(56)62-58(72)33-29-50-48-21-9-13-25-60(48)74-67(50)62/h1-37H. The van der Waals surface area contributed by atoms with Gasteiger partial charge in [-0.25, -0.2) is 0 Å². The third-order valence-corrected chi connectivity index (χ3v) is 15.5. The van der Waals surface area contributed by atoms with Crippen LogP contribution in [0.1, 0.15) is 11.1 Å². The summed E-state index contributed by atoms with van der Waals surface area (Å²) in [6.07, 6.45) is 0. The lowest BCUT2D eigenvalue weighted by Crippen LogP contribution is -2.13. The number of furan rings is 2. The van der Waals surface area contributed by atoms with Gasteiger partial charge in [-0.15, -0.1) is 0 Å². The second kappa shape index (κ2) is 15.5. The van der Waals surface area contributed by atoms with Crippen LogP contribution in [0, 0.1) is 22.7 Å². The molecule has 0 aliphatic carbocycles. The predicted molar refractivity (Wildman–Crippen MR) is 304 cm³/mol. The van der Waals surface area contributed by atoms with Crippen molar-refractivity contribution in [3.63, 3.8) is 0 Å². The van der Waals surface area contributed by atoms with E-state index in [1.165, 1.54) is 0 Å². The van der Waals surface area contributed by atoms with Crippen LogP contribution < -0.4 is 0 Å². The highest BCUT2D eigenvalue weighted by atomic mass is 16.3. The molecule has 7 nitrogen and oxygen atoms in total. The maximum Gasteiger partial charge on any atom is 0.145 e. The van der Waals surface area contributed by atoms with Crippen molar-refractivity contribution < 1.29 is 8.83 Å². The summed E-state index contributed by atoms with van der Waals surface area (Å²) in [5.41, 5.74) is 15.3. The Bertz CT molecular complexity index is 4890. The number of para-hydroxylation sites is 4. The number of rotatable bonds is 5. The summed E-state index contributed by atoms with van der Waals surface area (Å²) >= 11 is 0. The first-order valence-corrected chi connectivity index (χ1v) is 25.0. The molecule has 0 radical (unpaired) electrons. The van der Waals surface area contributed by atoms with Crippen LogP contribution in [-0.2, 0) is 0 Å². The number of benzene rings is 11.